The molecule has 1 aliphatic rings. The fourth-order valence-corrected chi connectivity index (χ4v) is 4.27. The summed E-state index contributed by atoms with van der Waals surface area (Å²) in [6.45, 7) is 4.11. The summed E-state index contributed by atoms with van der Waals surface area (Å²) in [5, 5.41) is 30.1. The van der Waals surface area contributed by atoms with E-state index in [-0.39, 0.29) is 30.0 Å². The molecule has 0 bridgehead atoms. The van der Waals surface area contributed by atoms with Gasteiger partial charge in [-0.05, 0) is 61.4 Å². The lowest BCUT2D eigenvalue weighted by Crippen LogP contribution is -2.58. The van der Waals surface area contributed by atoms with Gasteiger partial charge in [0.1, 0.15) is 23.9 Å². The number of carbonyl (C=O) groups excluding carboxylic acids is 3. The van der Waals surface area contributed by atoms with E-state index in [2.05, 4.69) is 21.3 Å². The van der Waals surface area contributed by atoms with Gasteiger partial charge in [-0.1, -0.05) is 26.0 Å². The molecule has 1 aromatic carbocycles. The van der Waals surface area contributed by atoms with Gasteiger partial charge >= 0.3 is 5.97 Å². The second-order valence-corrected chi connectivity index (χ2v) is 9.98. The zero-order chi connectivity index (χ0) is 26.0. The minimum Gasteiger partial charge on any atom is -0.508 e. The Bertz CT molecular complexity index is 873. The van der Waals surface area contributed by atoms with E-state index in [1.807, 2.05) is 6.26 Å². The first-order chi connectivity index (χ1) is 16.6. The number of carboxylic acid groups (broad SMARTS) is 1. The second kappa shape index (κ2) is 13.9. The Kier molecular flexibility index (Phi) is 11.3. The predicted molar refractivity (Wildman–Crippen MR) is 134 cm³/mol. The number of carboxylic acids is 1. The van der Waals surface area contributed by atoms with Crippen LogP contribution in [0.25, 0.3) is 0 Å². The Morgan fingerprint density at radius 3 is 2.26 bits per heavy atom. The Morgan fingerprint density at radius 1 is 1.06 bits per heavy atom. The number of rotatable bonds is 13. The molecule has 1 fully saturated rings. The van der Waals surface area contributed by atoms with Crippen molar-refractivity contribution in [2.75, 3.05) is 18.6 Å². The van der Waals surface area contributed by atoms with Crippen LogP contribution in [0.4, 0.5) is 0 Å². The second-order valence-electron chi connectivity index (χ2n) is 8.99. The summed E-state index contributed by atoms with van der Waals surface area (Å²) in [4.78, 5) is 50.5. The van der Waals surface area contributed by atoms with Crippen LogP contribution < -0.4 is 21.3 Å². The van der Waals surface area contributed by atoms with Crippen molar-refractivity contribution in [2.45, 2.75) is 63.7 Å². The zero-order valence-corrected chi connectivity index (χ0v) is 21.2. The Balaban J connectivity index is 2.19. The summed E-state index contributed by atoms with van der Waals surface area (Å²) in [5.41, 5.74) is 0.721. The summed E-state index contributed by atoms with van der Waals surface area (Å²) in [6, 6.07) is 2.93. The van der Waals surface area contributed by atoms with Gasteiger partial charge in [0.25, 0.3) is 0 Å². The number of hydrogen-bond acceptors (Lipinski definition) is 7. The van der Waals surface area contributed by atoms with Crippen LogP contribution >= 0.6 is 11.8 Å². The zero-order valence-electron chi connectivity index (χ0n) is 20.4. The van der Waals surface area contributed by atoms with Gasteiger partial charge in [-0.25, -0.2) is 4.79 Å². The number of nitrogens with one attached hydrogen (secondary N) is 4. The smallest absolute Gasteiger partial charge is 0.326 e. The van der Waals surface area contributed by atoms with Crippen molar-refractivity contribution in [2.24, 2.45) is 5.92 Å². The van der Waals surface area contributed by atoms with Crippen molar-refractivity contribution in [3.05, 3.63) is 29.8 Å². The molecule has 1 saturated heterocycles. The molecule has 0 aliphatic carbocycles. The molecule has 1 aromatic rings. The molecule has 0 radical (unpaired) electrons. The molecule has 194 valence electrons. The van der Waals surface area contributed by atoms with Gasteiger partial charge < -0.3 is 31.5 Å². The maximum atomic E-state index is 13.3. The fraction of sp³-hybridized carbons (Fsp3) is 0.583. The van der Waals surface area contributed by atoms with Gasteiger partial charge in [-0.3, -0.25) is 14.4 Å². The number of carbonyl (C=O) groups is 4. The number of aliphatic carboxylic acids is 1. The number of amides is 3. The van der Waals surface area contributed by atoms with E-state index in [1.165, 1.54) is 23.9 Å². The number of thioether (sulfide) groups is 1. The number of aromatic hydroxyl groups is 1. The molecule has 10 nitrogen and oxygen atoms in total. The maximum Gasteiger partial charge on any atom is 0.326 e. The highest BCUT2D eigenvalue weighted by Crippen LogP contribution is 2.13. The molecule has 0 saturated carbocycles. The van der Waals surface area contributed by atoms with Crippen molar-refractivity contribution in [1.29, 1.82) is 0 Å². The van der Waals surface area contributed by atoms with Crippen molar-refractivity contribution in [1.82, 2.24) is 21.3 Å². The Labute approximate surface area is 210 Å². The monoisotopic (exact) mass is 508 g/mol. The van der Waals surface area contributed by atoms with Crippen LogP contribution in [0, 0.1) is 5.92 Å². The summed E-state index contributed by atoms with van der Waals surface area (Å²) >= 11 is 1.50. The van der Waals surface area contributed by atoms with E-state index in [9.17, 15) is 29.4 Å². The van der Waals surface area contributed by atoms with Gasteiger partial charge in [0.15, 0.2) is 0 Å². The summed E-state index contributed by atoms with van der Waals surface area (Å²) in [7, 11) is 0. The van der Waals surface area contributed by atoms with E-state index in [0.717, 1.165) is 18.5 Å². The van der Waals surface area contributed by atoms with Crippen molar-refractivity contribution in [3.63, 3.8) is 0 Å². The van der Waals surface area contributed by atoms with Crippen molar-refractivity contribution >= 4 is 35.5 Å². The molecule has 35 heavy (non-hydrogen) atoms. The van der Waals surface area contributed by atoms with Crippen molar-refractivity contribution in [3.8, 4) is 5.75 Å². The van der Waals surface area contributed by atoms with Gasteiger partial charge in [-0.15, -0.1) is 0 Å². The SMILES string of the molecule is CSCCC(NC(=O)C(Cc1ccc(O)cc1)NC(=O)C1CCCN1)C(=O)NC(C(=O)O)C(C)C. The molecule has 6 N–H and O–H groups in total. The molecule has 0 spiro atoms. The standard InChI is InChI=1S/C24H36N4O6S/c1-14(2)20(24(33)34)28-22(31)18(10-12-35-3)26-23(32)19(13-15-6-8-16(29)9-7-15)27-21(30)17-5-4-11-25-17/h6-9,14,17-20,25,29H,4-5,10-13H2,1-3H3,(H,26,32)(H,27,30)(H,28,31)(H,33,34). The van der Waals surface area contributed by atoms with Gasteiger partial charge in [0.2, 0.25) is 17.7 Å². The first-order valence-electron chi connectivity index (χ1n) is 11.8. The van der Waals surface area contributed by atoms with Gasteiger partial charge in [-0.2, -0.15) is 11.8 Å². The minimum absolute atomic E-state index is 0.0841. The van der Waals surface area contributed by atoms with Crippen LogP contribution in [0.15, 0.2) is 24.3 Å². The molecule has 2 rings (SSSR count). The molecule has 11 heteroatoms. The first kappa shape index (κ1) is 28.4. The van der Waals surface area contributed by atoms with E-state index in [4.69, 9.17) is 0 Å². The third kappa shape index (κ3) is 9.06. The highest BCUT2D eigenvalue weighted by atomic mass is 32.2. The predicted octanol–water partition coefficient (Wildman–Crippen LogP) is 0.635. The van der Waals surface area contributed by atoms with E-state index < -0.39 is 35.9 Å². The largest absolute Gasteiger partial charge is 0.508 e. The minimum atomic E-state index is -1.15. The quantitative estimate of drug-likeness (QED) is 0.227. The molecular weight excluding hydrogens is 472 g/mol. The molecule has 4 unspecified atom stereocenters. The molecule has 4 atom stereocenters. The molecule has 1 heterocycles. The number of phenolic OH excluding ortho intramolecular Hbond substituents is 1. The third-order valence-electron chi connectivity index (χ3n) is 5.86. The summed E-state index contributed by atoms with van der Waals surface area (Å²) in [6.07, 6.45) is 3.86. The van der Waals surface area contributed by atoms with Crippen LogP contribution in [0.2, 0.25) is 0 Å². The average molecular weight is 509 g/mol. The fourth-order valence-electron chi connectivity index (χ4n) is 3.80. The van der Waals surface area contributed by atoms with Crippen LogP contribution in [0.1, 0.15) is 38.7 Å². The third-order valence-corrected chi connectivity index (χ3v) is 6.50. The molecule has 3 amide bonds. The van der Waals surface area contributed by atoms with Crippen LogP contribution in [-0.2, 0) is 25.6 Å². The Hall–Kier alpha value is -2.79. The highest BCUT2D eigenvalue weighted by Gasteiger charge is 2.32. The molecular formula is C24H36N4O6S. The van der Waals surface area contributed by atoms with Crippen LogP contribution in [0.3, 0.4) is 0 Å². The van der Waals surface area contributed by atoms with E-state index in [0.29, 0.717) is 18.6 Å². The number of phenols is 1. The normalized spacial score (nSPS) is 17.9. The molecule has 0 aromatic heterocycles. The Morgan fingerprint density at radius 2 is 1.71 bits per heavy atom. The van der Waals surface area contributed by atoms with Gasteiger partial charge in [0.05, 0.1) is 6.04 Å². The van der Waals surface area contributed by atoms with Crippen LogP contribution in [-0.4, -0.2) is 76.6 Å². The van der Waals surface area contributed by atoms with E-state index in [1.54, 1.807) is 26.0 Å². The van der Waals surface area contributed by atoms with Crippen molar-refractivity contribution < 1.29 is 29.4 Å². The van der Waals surface area contributed by atoms with Gasteiger partial charge in [0, 0.05) is 6.42 Å². The van der Waals surface area contributed by atoms with Crippen LogP contribution in [0.5, 0.6) is 5.75 Å². The molecule has 1 aliphatic heterocycles. The lowest BCUT2D eigenvalue weighted by Gasteiger charge is -2.26. The average Bonchev–Trinajstić information content (AvgIpc) is 3.35. The first-order valence-corrected chi connectivity index (χ1v) is 13.2. The van der Waals surface area contributed by atoms with E-state index >= 15 is 0 Å². The maximum absolute atomic E-state index is 13.3. The topological polar surface area (TPSA) is 157 Å². The lowest BCUT2D eigenvalue weighted by atomic mass is 10.0. The lowest BCUT2D eigenvalue weighted by molar-refractivity contribution is -0.143. The highest BCUT2D eigenvalue weighted by molar-refractivity contribution is 7.98. The number of benzene rings is 1. The summed E-state index contributed by atoms with van der Waals surface area (Å²) < 4.78 is 0. The number of hydrogen-bond donors (Lipinski definition) is 6. The summed E-state index contributed by atoms with van der Waals surface area (Å²) in [5.74, 6) is -2.25.